The van der Waals surface area contributed by atoms with Crippen molar-refractivity contribution in [3.8, 4) is 5.75 Å². The Morgan fingerprint density at radius 1 is 1.30 bits per heavy atom. The molecule has 2 aromatic carbocycles. The number of benzene rings is 2. The number of ether oxygens (including phenoxy) is 1. The van der Waals surface area contributed by atoms with E-state index in [0.29, 0.717) is 25.6 Å². The Hall–Kier alpha value is -2.04. The third kappa shape index (κ3) is 4.63. The number of anilines is 1. The highest BCUT2D eigenvalue weighted by Crippen LogP contribution is 2.29. The molecule has 1 unspecified atom stereocenters. The van der Waals surface area contributed by atoms with Crippen molar-refractivity contribution in [1.29, 1.82) is 0 Å². The minimum Gasteiger partial charge on any atom is -0.480 e. The van der Waals surface area contributed by atoms with Gasteiger partial charge in [0.25, 0.3) is 5.91 Å². The lowest BCUT2D eigenvalue weighted by atomic mass is 10.3. The number of aromatic nitrogens is 1. The summed E-state index contributed by atoms with van der Waals surface area (Å²) in [7, 11) is -3.32. The summed E-state index contributed by atoms with van der Waals surface area (Å²) in [5, 5.41) is 2.97. The van der Waals surface area contributed by atoms with Crippen molar-refractivity contribution >= 4 is 58.4 Å². The number of sulfone groups is 1. The van der Waals surface area contributed by atoms with Crippen LogP contribution in [0.2, 0.25) is 0 Å². The first-order chi connectivity index (χ1) is 12.6. The Labute approximate surface area is 167 Å². The van der Waals surface area contributed by atoms with Gasteiger partial charge in [-0.3, -0.25) is 10.1 Å². The third-order valence-electron chi connectivity index (χ3n) is 3.59. The topological polar surface area (TPSA) is 85.4 Å². The zero-order valence-electron chi connectivity index (χ0n) is 14.2. The highest BCUT2D eigenvalue weighted by atomic mass is 79.9. The first kappa shape index (κ1) is 19.7. The van der Waals surface area contributed by atoms with Gasteiger partial charge in [-0.25, -0.2) is 17.8 Å². The van der Waals surface area contributed by atoms with Gasteiger partial charge >= 0.3 is 0 Å². The number of nitrogens with one attached hydrogen (secondary N) is 1. The molecular weight excluding hydrogens is 459 g/mol. The average molecular weight is 473 g/mol. The maximum Gasteiger partial charge on any atom is 0.266 e. The second-order valence-corrected chi connectivity index (χ2v) is 9.65. The Balaban J connectivity index is 1.75. The van der Waals surface area contributed by atoms with E-state index in [-0.39, 0.29) is 4.90 Å². The number of nitrogens with zero attached hydrogens (tertiary/aromatic N) is 1. The van der Waals surface area contributed by atoms with Gasteiger partial charge in [0.15, 0.2) is 21.1 Å². The second-order valence-electron chi connectivity index (χ2n) is 5.74. The van der Waals surface area contributed by atoms with Gasteiger partial charge in [-0.05, 0) is 59.3 Å². The number of carbonyl (C=O) groups is 1. The first-order valence-corrected chi connectivity index (χ1v) is 11.2. The molecule has 6 nitrogen and oxygen atoms in total. The Kier molecular flexibility index (Phi) is 5.50. The van der Waals surface area contributed by atoms with Crippen molar-refractivity contribution in [3.63, 3.8) is 0 Å². The summed E-state index contributed by atoms with van der Waals surface area (Å²) in [5.74, 6) is -0.524. The fraction of sp³-hybridized carbons (Fsp3) is 0.176. The number of rotatable bonds is 5. The van der Waals surface area contributed by atoms with Crippen molar-refractivity contribution in [1.82, 2.24) is 4.98 Å². The average Bonchev–Trinajstić information content (AvgIpc) is 2.97. The van der Waals surface area contributed by atoms with E-state index >= 15 is 0 Å². The Bertz CT molecular complexity index is 1130. The molecule has 0 saturated carbocycles. The van der Waals surface area contributed by atoms with Crippen LogP contribution >= 0.6 is 27.3 Å². The number of halogens is 2. The Morgan fingerprint density at radius 3 is 2.70 bits per heavy atom. The fourth-order valence-corrected chi connectivity index (χ4v) is 4.28. The zero-order chi connectivity index (χ0) is 19.8. The van der Waals surface area contributed by atoms with Crippen molar-refractivity contribution in [2.24, 2.45) is 0 Å². The molecule has 0 aliphatic carbocycles. The zero-order valence-corrected chi connectivity index (χ0v) is 17.4. The molecule has 1 heterocycles. The van der Waals surface area contributed by atoms with Crippen LogP contribution in [0.15, 0.2) is 45.8 Å². The lowest BCUT2D eigenvalue weighted by molar-refractivity contribution is -0.122. The summed E-state index contributed by atoms with van der Waals surface area (Å²) in [6, 6.07) is 8.49. The van der Waals surface area contributed by atoms with E-state index in [2.05, 4.69) is 26.2 Å². The lowest BCUT2D eigenvalue weighted by Crippen LogP contribution is -2.30. The van der Waals surface area contributed by atoms with Crippen LogP contribution in [0.5, 0.6) is 5.75 Å². The minimum absolute atomic E-state index is 0.189. The molecule has 1 aromatic heterocycles. The molecule has 142 valence electrons. The van der Waals surface area contributed by atoms with Crippen LogP contribution in [-0.4, -0.2) is 31.7 Å². The van der Waals surface area contributed by atoms with Crippen molar-refractivity contribution in [2.45, 2.75) is 17.9 Å². The van der Waals surface area contributed by atoms with E-state index in [0.717, 1.165) is 17.6 Å². The molecule has 0 aliphatic rings. The normalized spacial score (nSPS) is 12.7. The van der Waals surface area contributed by atoms with E-state index in [4.69, 9.17) is 4.74 Å². The third-order valence-corrected chi connectivity index (χ3v) is 6.25. The van der Waals surface area contributed by atoms with Crippen molar-refractivity contribution < 1.29 is 22.3 Å². The van der Waals surface area contributed by atoms with Gasteiger partial charge in [-0.2, -0.15) is 0 Å². The lowest BCUT2D eigenvalue weighted by Gasteiger charge is -2.14. The quantitative estimate of drug-likeness (QED) is 0.606. The molecule has 1 atom stereocenters. The molecule has 3 aromatic rings. The van der Waals surface area contributed by atoms with Gasteiger partial charge in [0, 0.05) is 6.26 Å². The Morgan fingerprint density at radius 2 is 2.04 bits per heavy atom. The number of thiazole rings is 1. The number of hydrogen-bond donors (Lipinski definition) is 1. The van der Waals surface area contributed by atoms with E-state index in [1.54, 1.807) is 13.0 Å². The summed E-state index contributed by atoms with van der Waals surface area (Å²) in [4.78, 5) is 16.8. The van der Waals surface area contributed by atoms with Crippen LogP contribution < -0.4 is 10.1 Å². The summed E-state index contributed by atoms with van der Waals surface area (Å²) < 4.78 is 43.0. The van der Waals surface area contributed by atoms with Gasteiger partial charge in [0.1, 0.15) is 11.6 Å². The maximum absolute atomic E-state index is 13.1. The smallest absolute Gasteiger partial charge is 0.266 e. The predicted molar refractivity (Wildman–Crippen MR) is 106 cm³/mol. The van der Waals surface area contributed by atoms with Crippen LogP contribution in [0, 0.1) is 5.82 Å². The van der Waals surface area contributed by atoms with Crippen LogP contribution in [0.25, 0.3) is 10.2 Å². The summed E-state index contributed by atoms with van der Waals surface area (Å²) >= 11 is 4.34. The molecule has 1 N–H and O–H groups in total. The number of fused-ring (bicyclic) bond motifs is 1. The van der Waals surface area contributed by atoms with Crippen LogP contribution in [0.1, 0.15) is 6.92 Å². The first-order valence-electron chi connectivity index (χ1n) is 7.67. The van der Waals surface area contributed by atoms with Crippen molar-refractivity contribution in [2.75, 3.05) is 11.6 Å². The maximum atomic E-state index is 13.1. The standard InChI is InChI=1S/C17H14BrFN2O4S2/c1-9(25-14-6-3-10(19)7-12(14)18)16(22)21-17-20-13-5-4-11(27(2,23)24)8-15(13)26-17/h3-9H,1-2H3,(H,20,21,22). The van der Waals surface area contributed by atoms with Gasteiger partial charge < -0.3 is 4.74 Å². The van der Waals surface area contributed by atoms with E-state index < -0.39 is 27.7 Å². The summed E-state index contributed by atoms with van der Waals surface area (Å²) in [6.07, 6.45) is 0.273. The molecule has 10 heteroatoms. The van der Waals surface area contributed by atoms with E-state index in [1.807, 2.05) is 0 Å². The van der Waals surface area contributed by atoms with Gasteiger partial charge in [0.2, 0.25) is 0 Å². The predicted octanol–water partition coefficient (Wildman–Crippen LogP) is 4.01. The van der Waals surface area contributed by atoms with Gasteiger partial charge in [-0.1, -0.05) is 11.3 Å². The van der Waals surface area contributed by atoms with E-state index in [1.165, 1.54) is 30.3 Å². The number of hydrogen-bond acceptors (Lipinski definition) is 6. The number of carbonyl (C=O) groups excluding carboxylic acids is 1. The molecule has 0 spiro atoms. The molecule has 0 fully saturated rings. The highest BCUT2D eigenvalue weighted by Gasteiger charge is 2.18. The SMILES string of the molecule is CC(Oc1ccc(F)cc1Br)C(=O)Nc1nc2ccc(S(C)(=O)=O)cc2s1. The summed E-state index contributed by atoms with van der Waals surface area (Å²) in [6.45, 7) is 1.56. The fourth-order valence-electron chi connectivity index (χ4n) is 2.21. The van der Waals surface area contributed by atoms with Crippen molar-refractivity contribution in [3.05, 3.63) is 46.7 Å². The largest absolute Gasteiger partial charge is 0.480 e. The molecule has 0 bridgehead atoms. The molecule has 0 aliphatic heterocycles. The molecule has 3 rings (SSSR count). The molecule has 1 amide bonds. The van der Waals surface area contributed by atoms with Crippen LogP contribution in [0.3, 0.4) is 0 Å². The minimum atomic E-state index is -3.32. The van der Waals surface area contributed by atoms with Gasteiger partial charge in [-0.15, -0.1) is 0 Å². The molecule has 0 radical (unpaired) electrons. The van der Waals surface area contributed by atoms with Crippen LogP contribution in [-0.2, 0) is 14.6 Å². The van der Waals surface area contributed by atoms with Crippen LogP contribution in [0.4, 0.5) is 9.52 Å². The molecule has 0 saturated heterocycles. The number of amides is 1. The molecular formula is C17H14BrFN2O4S2. The van der Waals surface area contributed by atoms with E-state index in [9.17, 15) is 17.6 Å². The highest BCUT2D eigenvalue weighted by molar-refractivity contribution is 9.10. The summed E-state index contributed by atoms with van der Waals surface area (Å²) in [5.41, 5.74) is 0.581. The molecule has 27 heavy (non-hydrogen) atoms. The second kappa shape index (κ2) is 7.53. The van der Waals surface area contributed by atoms with Gasteiger partial charge in [0.05, 0.1) is 19.6 Å². The monoisotopic (exact) mass is 472 g/mol.